The third kappa shape index (κ3) is 3.18. The Bertz CT molecular complexity index is 515. The monoisotopic (exact) mass is 278 g/mol. The standard InChI is InChI=1S/C16H23FN2O/c1-11-7-16(14(12(2)20)8-15(11)17)19(4)10-13-5-6-18(3)9-13/h7-8,13H,5-6,9-10H2,1-4H3. The first-order valence-electron chi connectivity index (χ1n) is 7.09. The van der Waals surface area contributed by atoms with Crippen LogP contribution in [0.25, 0.3) is 0 Å². The van der Waals surface area contributed by atoms with Gasteiger partial charge in [-0.1, -0.05) is 0 Å². The van der Waals surface area contributed by atoms with E-state index in [0.29, 0.717) is 17.0 Å². The second-order valence-corrected chi connectivity index (χ2v) is 5.97. The molecule has 1 aromatic rings. The van der Waals surface area contributed by atoms with Gasteiger partial charge in [0.15, 0.2) is 5.78 Å². The maximum Gasteiger partial charge on any atom is 0.161 e. The van der Waals surface area contributed by atoms with Gasteiger partial charge in [-0.25, -0.2) is 4.39 Å². The van der Waals surface area contributed by atoms with Crippen LogP contribution in [0.4, 0.5) is 10.1 Å². The van der Waals surface area contributed by atoms with E-state index >= 15 is 0 Å². The molecular weight excluding hydrogens is 255 g/mol. The zero-order chi connectivity index (χ0) is 14.9. The number of ketones is 1. The molecule has 0 radical (unpaired) electrons. The lowest BCUT2D eigenvalue weighted by Gasteiger charge is -2.25. The summed E-state index contributed by atoms with van der Waals surface area (Å²) in [5.41, 5.74) is 1.90. The van der Waals surface area contributed by atoms with Gasteiger partial charge in [-0.15, -0.1) is 0 Å². The summed E-state index contributed by atoms with van der Waals surface area (Å²) in [6.07, 6.45) is 1.18. The number of carbonyl (C=O) groups excluding carboxylic acids is 1. The van der Waals surface area contributed by atoms with E-state index in [9.17, 15) is 9.18 Å². The Labute approximate surface area is 120 Å². The molecule has 1 saturated heterocycles. The lowest BCUT2D eigenvalue weighted by molar-refractivity contribution is 0.101. The Morgan fingerprint density at radius 1 is 1.50 bits per heavy atom. The molecule has 2 rings (SSSR count). The number of likely N-dealkylation sites (tertiary alicyclic amines) is 1. The number of rotatable bonds is 4. The zero-order valence-corrected chi connectivity index (χ0v) is 12.7. The van der Waals surface area contributed by atoms with Crippen molar-refractivity contribution in [3.8, 4) is 0 Å². The van der Waals surface area contributed by atoms with Crippen LogP contribution in [0.5, 0.6) is 0 Å². The number of anilines is 1. The molecular formula is C16H23FN2O. The largest absolute Gasteiger partial charge is 0.374 e. The summed E-state index contributed by atoms with van der Waals surface area (Å²) in [4.78, 5) is 16.1. The van der Waals surface area contributed by atoms with Crippen LogP contribution in [0.15, 0.2) is 12.1 Å². The minimum absolute atomic E-state index is 0.0886. The van der Waals surface area contributed by atoms with Gasteiger partial charge < -0.3 is 9.80 Å². The molecule has 0 spiro atoms. The van der Waals surface area contributed by atoms with Gasteiger partial charge in [-0.05, 0) is 57.5 Å². The normalized spacial score (nSPS) is 19.4. The average Bonchev–Trinajstić information content (AvgIpc) is 2.77. The van der Waals surface area contributed by atoms with E-state index in [2.05, 4.69) is 16.8 Å². The molecule has 0 amide bonds. The van der Waals surface area contributed by atoms with Gasteiger partial charge in [0, 0.05) is 31.4 Å². The Morgan fingerprint density at radius 2 is 2.20 bits per heavy atom. The number of aryl methyl sites for hydroxylation is 1. The molecule has 0 aliphatic carbocycles. The summed E-state index contributed by atoms with van der Waals surface area (Å²) >= 11 is 0. The second kappa shape index (κ2) is 5.92. The highest BCUT2D eigenvalue weighted by Gasteiger charge is 2.22. The summed E-state index contributed by atoms with van der Waals surface area (Å²) in [5.74, 6) is 0.206. The van der Waals surface area contributed by atoms with E-state index < -0.39 is 0 Å². The highest BCUT2D eigenvalue weighted by molar-refractivity contribution is 5.99. The van der Waals surface area contributed by atoms with Crippen LogP contribution in [0.2, 0.25) is 0 Å². The Balaban J connectivity index is 2.22. The third-order valence-corrected chi connectivity index (χ3v) is 4.09. The topological polar surface area (TPSA) is 23.6 Å². The molecule has 1 fully saturated rings. The number of halogens is 1. The maximum absolute atomic E-state index is 13.7. The molecule has 3 nitrogen and oxygen atoms in total. The summed E-state index contributed by atoms with van der Waals surface area (Å²) in [5, 5.41) is 0. The van der Waals surface area contributed by atoms with Crippen molar-refractivity contribution in [2.24, 2.45) is 5.92 Å². The first-order valence-corrected chi connectivity index (χ1v) is 7.09. The molecule has 1 aliphatic heterocycles. The Morgan fingerprint density at radius 3 is 2.75 bits per heavy atom. The van der Waals surface area contributed by atoms with E-state index in [-0.39, 0.29) is 11.6 Å². The van der Waals surface area contributed by atoms with Crippen LogP contribution in [-0.4, -0.2) is 44.4 Å². The predicted octanol–water partition coefficient (Wildman–Crippen LogP) is 2.72. The van der Waals surface area contributed by atoms with E-state index in [1.54, 1.807) is 13.0 Å². The second-order valence-electron chi connectivity index (χ2n) is 5.97. The Kier molecular flexibility index (Phi) is 4.43. The van der Waals surface area contributed by atoms with Crippen molar-refractivity contribution in [3.05, 3.63) is 29.1 Å². The molecule has 110 valence electrons. The highest BCUT2D eigenvalue weighted by atomic mass is 19.1. The summed E-state index contributed by atoms with van der Waals surface area (Å²) in [7, 11) is 4.11. The molecule has 1 unspecified atom stereocenters. The molecule has 4 heteroatoms. The van der Waals surface area contributed by atoms with Crippen LogP contribution in [-0.2, 0) is 0 Å². The van der Waals surface area contributed by atoms with Crippen LogP contribution in [0.3, 0.4) is 0 Å². The van der Waals surface area contributed by atoms with Crippen molar-refractivity contribution in [3.63, 3.8) is 0 Å². The molecule has 1 aromatic carbocycles. The summed E-state index contributed by atoms with van der Waals surface area (Å²) in [6.45, 7) is 6.33. The molecule has 1 aliphatic rings. The fourth-order valence-electron chi connectivity index (χ4n) is 2.93. The number of Topliss-reactive ketones (excluding diaryl/α,β-unsaturated/α-hetero) is 1. The summed E-state index contributed by atoms with van der Waals surface area (Å²) < 4.78 is 13.7. The number of benzene rings is 1. The number of carbonyl (C=O) groups is 1. The van der Waals surface area contributed by atoms with Crippen molar-refractivity contribution in [1.29, 1.82) is 0 Å². The van der Waals surface area contributed by atoms with E-state index in [0.717, 1.165) is 25.3 Å². The maximum atomic E-state index is 13.7. The van der Waals surface area contributed by atoms with Crippen LogP contribution >= 0.6 is 0 Å². The molecule has 0 bridgehead atoms. The quantitative estimate of drug-likeness (QED) is 0.791. The fraction of sp³-hybridized carbons (Fsp3) is 0.562. The van der Waals surface area contributed by atoms with Crippen molar-refractivity contribution >= 4 is 11.5 Å². The summed E-state index contributed by atoms with van der Waals surface area (Å²) in [6, 6.07) is 3.15. The Hall–Kier alpha value is -1.42. The van der Waals surface area contributed by atoms with Crippen LogP contribution in [0, 0.1) is 18.7 Å². The molecule has 1 heterocycles. The minimum atomic E-state index is -0.312. The predicted molar refractivity (Wildman–Crippen MR) is 80.0 cm³/mol. The number of hydrogen-bond donors (Lipinski definition) is 0. The van der Waals surface area contributed by atoms with E-state index in [1.807, 2.05) is 7.05 Å². The molecule has 20 heavy (non-hydrogen) atoms. The lowest BCUT2D eigenvalue weighted by atomic mass is 10.0. The van der Waals surface area contributed by atoms with E-state index in [1.165, 1.54) is 19.4 Å². The van der Waals surface area contributed by atoms with Crippen LogP contribution in [0.1, 0.15) is 29.3 Å². The van der Waals surface area contributed by atoms with Gasteiger partial charge >= 0.3 is 0 Å². The molecule has 1 atom stereocenters. The first kappa shape index (κ1) is 15.0. The first-order chi connectivity index (χ1) is 9.38. The molecule has 0 N–H and O–H groups in total. The van der Waals surface area contributed by atoms with Crippen molar-refractivity contribution in [2.45, 2.75) is 20.3 Å². The van der Waals surface area contributed by atoms with Gasteiger partial charge in [0.2, 0.25) is 0 Å². The molecule has 0 saturated carbocycles. The minimum Gasteiger partial charge on any atom is -0.374 e. The number of nitrogens with zero attached hydrogens (tertiary/aromatic N) is 2. The van der Waals surface area contributed by atoms with Gasteiger partial charge in [-0.2, -0.15) is 0 Å². The third-order valence-electron chi connectivity index (χ3n) is 4.09. The zero-order valence-electron chi connectivity index (χ0n) is 12.7. The SMILES string of the molecule is CC(=O)c1cc(F)c(C)cc1N(C)CC1CCN(C)C1. The van der Waals surface area contributed by atoms with E-state index in [4.69, 9.17) is 0 Å². The van der Waals surface area contributed by atoms with Gasteiger partial charge in [0.25, 0.3) is 0 Å². The van der Waals surface area contributed by atoms with Crippen molar-refractivity contribution in [1.82, 2.24) is 4.90 Å². The molecule has 0 aromatic heterocycles. The number of hydrogen-bond acceptors (Lipinski definition) is 3. The smallest absolute Gasteiger partial charge is 0.161 e. The highest BCUT2D eigenvalue weighted by Crippen LogP contribution is 2.26. The fourth-order valence-corrected chi connectivity index (χ4v) is 2.93. The van der Waals surface area contributed by atoms with Crippen molar-refractivity contribution in [2.75, 3.05) is 38.6 Å². The van der Waals surface area contributed by atoms with Gasteiger partial charge in [-0.3, -0.25) is 4.79 Å². The van der Waals surface area contributed by atoms with Crippen LogP contribution < -0.4 is 4.90 Å². The van der Waals surface area contributed by atoms with Crippen molar-refractivity contribution < 1.29 is 9.18 Å². The van der Waals surface area contributed by atoms with Gasteiger partial charge in [0.05, 0.1) is 0 Å². The lowest BCUT2D eigenvalue weighted by Crippen LogP contribution is -2.28. The average molecular weight is 278 g/mol. The van der Waals surface area contributed by atoms with Gasteiger partial charge in [0.1, 0.15) is 5.82 Å².